The molecule has 59 heavy (non-hydrogen) atoms. The molecule has 312 valence electrons. The Labute approximate surface area is 345 Å². The van der Waals surface area contributed by atoms with E-state index in [2.05, 4.69) is 78.3 Å². The minimum Gasteiger partial charge on any atom is -0.372 e. The molecule has 1 amide bonds. The van der Waals surface area contributed by atoms with Gasteiger partial charge in [-0.15, -0.1) is 0 Å². The second-order valence-corrected chi connectivity index (χ2v) is 16.7. The van der Waals surface area contributed by atoms with Crippen LogP contribution in [0.3, 0.4) is 0 Å². The summed E-state index contributed by atoms with van der Waals surface area (Å²) in [5.74, 6) is -0.624. The van der Waals surface area contributed by atoms with E-state index in [0.29, 0.717) is 17.8 Å². The number of alkyl halides is 2. The van der Waals surface area contributed by atoms with Gasteiger partial charge in [-0.1, -0.05) is 37.1 Å². The van der Waals surface area contributed by atoms with Crippen LogP contribution < -0.4 is 20.9 Å². The third-order valence-corrected chi connectivity index (χ3v) is 12.9. The molecule has 11 nitrogen and oxygen atoms in total. The standard InChI is InChI=1S/C24H28F2N4O2.C22H28N4O/c25-22(26)23(32)29-16-20(31)17-14-27-21(28-15-17)13-24(9-4-10-24)18-5-7-19(8-6-18)30-11-2-1-3-12-30;23-14-20(27)17-15-24-21(25-16-17)13-22(9-4-10-22)18-5-7-19(8-6-18)26-11-2-1-3-12-26/h5-8,14-15,22H,1-4,9-13,16H2,(H,29,32);5-8,15-16H,1-4,9-14,23H2. The second-order valence-electron chi connectivity index (χ2n) is 16.7. The van der Waals surface area contributed by atoms with Crippen molar-refractivity contribution in [3.63, 3.8) is 0 Å². The van der Waals surface area contributed by atoms with Crippen molar-refractivity contribution in [2.45, 2.75) is 107 Å². The minimum atomic E-state index is -3.14. The number of aromatic nitrogens is 4. The predicted molar refractivity (Wildman–Crippen MR) is 224 cm³/mol. The van der Waals surface area contributed by atoms with E-state index in [1.54, 1.807) is 12.4 Å². The molecule has 0 atom stereocenters. The van der Waals surface area contributed by atoms with Gasteiger partial charge in [0.15, 0.2) is 11.6 Å². The first-order valence-electron chi connectivity index (χ1n) is 21.3. The van der Waals surface area contributed by atoms with E-state index in [1.165, 1.54) is 106 Å². The maximum absolute atomic E-state index is 12.2. The summed E-state index contributed by atoms with van der Waals surface area (Å²) >= 11 is 0. The number of carbonyl (C=O) groups is 3. The predicted octanol–water partition coefficient (Wildman–Crippen LogP) is 6.97. The second kappa shape index (κ2) is 19.3. The topological polar surface area (TPSA) is 147 Å². The Morgan fingerprint density at radius 3 is 1.32 bits per heavy atom. The van der Waals surface area contributed by atoms with E-state index in [4.69, 9.17) is 5.73 Å². The fraction of sp³-hybridized carbons (Fsp3) is 0.500. The number of hydrogen-bond acceptors (Lipinski definition) is 10. The lowest BCUT2D eigenvalue weighted by Crippen LogP contribution is -2.37. The SMILES string of the molecule is NCC(=O)c1cnc(CC2(c3ccc(N4CCCCC4)cc3)CCC2)nc1.O=C(CNC(=O)C(F)F)c1cnc(CC2(c3ccc(N4CCCCC4)cc3)CCC2)nc1. The smallest absolute Gasteiger partial charge is 0.315 e. The lowest BCUT2D eigenvalue weighted by atomic mass is 9.62. The summed E-state index contributed by atoms with van der Waals surface area (Å²) in [5.41, 5.74) is 11.5. The van der Waals surface area contributed by atoms with Crippen LogP contribution in [0.5, 0.6) is 0 Å². The van der Waals surface area contributed by atoms with E-state index in [0.717, 1.165) is 44.6 Å². The fourth-order valence-corrected chi connectivity index (χ4v) is 8.95. The maximum atomic E-state index is 12.2. The van der Waals surface area contributed by atoms with E-state index < -0.39 is 24.7 Å². The first kappa shape index (κ1) is 42.0. The summed E-state index contributed by atoms with van der Waals surface area (Å²) in [5, 5.41) is 1.90. The number of anilines is 2. The van der Waals surface area contributed by atoms with Crippen molar-refractivity contribution in [2.75, 3.05) is 49.1 Å². The lowest BCUT2D eigenvalue weighted by Gasteiger charge is -2.42. The summed E-state index contributed by atoms with van der Waals surface area (Å²) in [6, 6.07) is 18.1. The number of halogens is 2. The monoisotopic (exact) mass is 806 g/mol. The Morgan fingerprint density at radius 2 is 0.983 bits per heavy atom. The van der Waals surface area contributed by atoms with Gasteiger partial charge in [0.25, 0.3) is 5.91 Å². The molecule has 2 saturated heterocycles. The molecule has 2 aliphatic carbocycles. The molecule has 13 heteroatoms. The average Bonchev–Trinajstić information content (AvgIpc) is 3.26. The zero-order valence-electron chi connectivity index (χ0n) is 33.9. The van der Waals surface area contributed by atoms with Crippen LogP contribution in [-0.4, -0.2) is 83.1 Å². The number of Topliss-reactive ketones (excluding diaryl/α,β-unsaturated/α-hetero) is 2. The van der Waals surface area contributed by atoms with Gasteiger partial charge in [-0.2, -0.15) is 8.78 Å². The van der Waals surface area contributed by atoms with Gasteiger partial charge in [-0.3, -0.25) is 14.4 Å². The summed E-state index contributed by atoms with van der Waals surface area (Å²) in [6.45, 7) is 4.08. The zero-order chi connectivity index (χ0) is 41.2. The molecule has 2 aromatic carbocycles. The van der Waals surface area contributed by atoms with Gasteiger partial charge in [-0.05, 0) is 99.6 Å². The number of carbonyl (C=O) groups excluding carboxylic acids is 3. The summed E-state index contributed by atoms with van der Waals surface area (Å²) in [6.07, 6.45) is 19.1. The van der Waals surface area contributed by atoms with Crippen molar-refractivity contribution in [1.29, 1.82) is 0 Å². The molecule has 0 unspecified atom stereocenters. The summed E-state index contributed by atoms with van der Waals surface area (Å²) in [4.78, 5) is 57.2. The van der Waals surface area contributed by atoms with Crippen LogP contribution in [0, 0.1) is 0 Å². The van der Waals surface area contributed by atoms with Crippen molar-refractivity contribution in [3.8, 4) is 0 Å². The largest absolute Gasteiger partial charge is 0.372 e. The Hall–Kier alpha value is -5.17. The number of benzene rings is 2. The summed E-state index contributed by atoms with van der Waals surface area (Å²) in [7, 11) is 0. The molecule has 3 N–H and O–H groups in total. The first-order valence-corrected chi connectivity index (χ1v) is 21.3. The van der Waals surface area contributed by atoms with Crippen LogP contribution in [-0.2, 0) is 28.5 Å². The molecular formula is C46H56F2N8O3. The number of hydrogen-bond donors (Lipinski definition) is 2. The average molecular weight is 807 g/mol. The van der Waals surface area contributed by atoms with Gasteiger partial charge in [0.2, 0.25) is 0 Å². The minimum absolute atomic E-state index is 0.00396. The Kier molecular flexibility index (Phi) is 13.7. The highest BCUT2D eigenvalue weighted by Crippen LogP contribution is 2.47. The van der Waals surface area contributed by atoms with Crippen molar-refractivity contribution in [3.05, 3.63) is 107 Å². The van der Waals surface area contributed by atoms with E-state index in [1.807, 2.05) is 5.32 Å². The number of rotatable bonds is 14. The van der Waals surface area contributed by atoms with Crippen molar-refractivity contribution in [2.24, 2.45) is 5.73 Å². The van der Waals surface area contributed by atoms with Crippen LogP contribution in [0.25, 0.3) is 0 Å². The van der Waals surface area contributed by atoms with E-state index in [-0.39, 0.29) is 28.7 Å². The van der Waals surface area contributed by atoms with Gasteiger partial charge < -0.3 is 20.9 Å². The molecule has 2 saturated carbocycles. The van der Waals surface area contributed by atoms with Gasteiger partial charge in [0.05, 0.1) is 24.2 Å². The molecule has 4 fully saturated rings. The molecular weight excluding hydrogens is 751 g/mol. The van der Waals surface area contributed by atoms with Crippen molar-refractivity contribution >= 4 is 28.8 Å². The van der Waals surface area contributed by atoms with Crippen LogP contribution in [0.2, 0.25) is 0 Å². The zero-order valence-corrected chi connectivity index (χ0v) is 33.9. The van der Waals surface area contributed by atoms with Gasteiger partial charge in [0.1, 0.15) is 11.6 Å². The number of piperidine rings is 2. The highest BCUT2D eigenvalue weighted by molar-refractivity contribution is 5.99. The van der Waals surface area contributed by atoms with Crippen LogP contribution in [0.15, 0.2) is 73.3 Å². The molecule has 0 bridgehead atoms. The normalized spacial score (nSPS) is 18.2. The quantitative estimate of drug-likeness (QED) is 0.128. The molecule has 2 aliphatic heterocycles. The number of amides is 1. The van der Waals surface area contributed by atoms with E-state index in [9.17, 15) is 23.2 Å². The molecule has 4 heterocycles. The Balaban J connectivity index is 0.000000181. The molecule has 8 rings (SSSR count). The lowest BCUT2D eigenvalue weighted by molar-refractivity contribution is -0.131. The highest BCUT2D eigenvalue weighted by Gasteiger charge is 2.40. The van der Waals surface area contributed by atoms with Crippen LogP contribution in [0.4, 0.5) is 20.2 Å². The third kappa shape index (κ3) is 10.2. The van der Waals surface area contributed by atoms with Gasteiger partial charge in [0, 0.05) is 86.0 Å². The van der Waals surface area contributed by atoms with Crippen LogP contribution in [0.1, 0.15) is 121 Å². The number of nitrogens with one attached hydrogen (secondary N) is 1. The number of ketones is 2. The maximum Gasteiger partial charge on any atom is 0.315 e. The third-order valence-electron chi connectivity index (χ3n) is 12.9. The highest BCUT2D eigenvalue weighted by atomic mass is 19.3. The Bertz CT molecular complexity index is 2010. The van der Waals surface area contributed by atoms with Crippen LogP contribution >= 0.6 is 0 Å². The summed E-state index contributed by atoms with van der Waals surface area (Å²) < 4.78 is 24.5. The van der Waals surface area contributed by atoms with Gasteiger partial charge >= 0.3 is 6.43 Å². The fourth-order valence-electron chi connectivity index (χ4n) is 8.95. The van der Waals surface area contributed by atoms with Crippen molar-refractivity contribution < 1.29 is 23.2 Å². The van der Waals surface area contributed by atoms with Crippen molar-refractivity contribution in [1.82, 2.24) is 25.3 Å². The Morgan fingerprint density at radius 1 is 0.593 bits per heavy atom. The van der Waals surface area contributed by atoms with Gasteiger partial charge in [-0.25, -0.2) is 19.9 Å². The van der Waals surface area contributed by atoms with E-state index >= 15 is 0 Å². The molecule has 4 aliphatic rings. The molecule has 2 aromatic heterocycles. The number of nitrogens with zero attached hydrogens (tertiary/aromatic N) is 6. The molecule has 4 aromatic rings. The molecule has 0 spiro atoms. The number of nitrogens with two attached hydrogens (primary N) is 1. The first-order chi connectivity index (χ1) is 28.7. The molecule has 0 radical (unpaired) electrons.